The maximum atomic E-state index is 10.3. The van der Waals surface area contributed by atoms with Crippen molar-refractivity contribution in [3.8, 4) is 0 Å². The molecule has 0 spiro atoms. The summed E-state index contributed by atoms with van der Waals surface area (Å²) in [6.45, 7) is 2.27. The fourth-order valence-electron chi connectivity index (χ4n) is 3.07. The van der Waals surface area contributed by atoms with Crippen molar-refractivity contribution in [3.05, 3.63) is 16.6 Å². The molecule has 0 radical (unpaired) electrons. The summed E-state index contributed by atoms with van der Waals surface area (Å²) in [5.74, 6) is 1.45. The summed E-state index contributed by atoms with van der Waals surface area (Å²) in [6.07, 6.45) is 11.7. The van der Waals surface area contributed by atoms with Gasteiger partial charge in [-0.05, 0) is 24.7 Å². The van der Waals surface area contributed by atoms with Gasteiger partial charge < -0.3 is 5.11 Å². The Hall–Kier alpha value is -0.410. The van der Waals surface area contributed by atoms with Crippen LogP contribution in [0, 0.1) is 11.8 Å². The summed E-state index contributed by atoms with van der Waals surface area (Å²) in [6, 6.07) is 0. The average molecular weight is 267 g/mol. The van der Waals surface area contributed by atoms with Crippen LogP contribution in [0.1, 0.15) is 56.7 Å². The Kier molecular flexibility index (Phi) is 5.64. The molecular weight excluding hydrogens is 242 g/mol. The van der Waals surface area contributed by atoms with E-state index in [-0.39, 0.29) is 6.10 Å². The van der Waals surface area contributed by atoms with Gasteiger partial charge in [-0.3, -0.25) is 4.98 Å². The Balaban J connectivity index is 1.72. The van der Waals surface area contributed by atoms with E-state index in [4.69, 9.17) is 0 Å². The van der Waals surface area contributed by atoms with Crippen LogP contribution in [0.15, 0.2) is 11.7 Å². The van der Waals surface area contributed by atoms with Crippen LogP contribution in [0.5, 0.6) is 0 Å². The minimum atomic E-state index is -0.155. The van der Waals surface area contributed by atoms with Gasteiger partial charge >= 0.3 is 0 Å². The van der Waals surface area contributed by atoms with Gasteiger partial charge in [0.1, 0.15) is 0 Å². The first-order valence-corrected chi connectivity index (χ1v) is 8.23. The molecule has 102 valence electrons. The van der Waals surface area contributed by atoms with E-state index in [9.17, 15) is 5.11 Å². The summed E-state index contributed by atoms with van der Waals surface area (Å²) >= 11 is 1.66. The van der Waals surface area contributed by atoms with Crippen molar-refractivity contribution in [1.29, 1.82) is 0 Å². The fourth-order valence-corrected chi connectivity index (χ4v) is 3.72. The molecule has 1 saturated carbocycles. The summed E-state index contributed by atoms with van der Waals surface area (Å²) in [7, 11) is 0. The number of thiazole rings is 1. The third-order valence-corrected chi connectivity index (χ3v) is 5.10. The minimum Gasteiger partial charge on any atom is -0.392 e. The third kappa shape index (κ3) is 4.06. The molecule has 1 N–H and O–H groups in total. The van der Waals surface area contributed by atoms with Gasteiger partial charge in [0.25, 0.3) is 0 Å². The maximum Gasteiger partial charge on any atom is 0.0794 e. The van der Waals surface area contributed by atoms with Crippen LogP contribution in [0.4, 0.5) is 0 Å². The van der Waals surface area contributed by atoms with Crippen molar-refractivity contribution in [2.24, 2.45) is 11.8 Å². The Morgan fingerprint density at radius 2 is 2.17 bits per heavy atom. The number of aliphatic hydroxyl groups is 1. The van der Waals surface area contributed by atoms with Crippen molar-refractivity contribution in [2.75, 3.05) is 0 Å². The molecule has 0 aliphatic heterocycles. The summed E-state index contributed by atoms with van der Waals surface area (Å²) in [5, 5.41) is 10.3. The first-order valence-electron chi connectivity index (χ1n) is 7.35. The van der Waals surface area contributed by atoms with E-state index >= 15 is 0 Å². The average Bonchev–Trinajstić information content (AvgIpc) is 2.89. The monoisotopic (exact) mass is 267 g/mol. The zero-order valence-corrected chi connectivity index (χ0v) is 12.2. The van der Waals surface area contributed by atoms with E-state index in [2.05, 4.69) is 11.9 Å². The first-order chi connectivity index (χ1) is 8.79. The highest BCUT2D eigenvalue weighted by Gasteiger charge is 2.26. The molecule has 1 heterocycles. The number of nitrogens with zero attached hydrogens (tertiary/aromatic N) is 1. The lowest BCUT2D eigenvalue weighted by Crippen LogP contribution is -2.27. The molecule has 1 fully saturated rings. The van der Waals surface area contributed by atoms with Crippen LogP contribution in [-0.2, 0) is 6.42 Å². The molecule has 0 saturated heterocycles. The van der Waals surface area contributed by atoms with Gasteiger partial charge in [-0.1, -0.05) is 39.0 Å². The molecule has 1 aliphatic rings. The van der Waals surface area contributed by atoms with Crippen molar-refractivity contribution in [1.82, 2.24) is 4.98 Å². The lowest BCUT2D eigenvalue weighted by molar-refractivity contribution is 0.0732. The molecule has 1 unspecified atom stereocenters. The topological polar surface area (TPSA) is 33.1 Å². The Morgan fingerprint density at radius 3 is 2.78 bits per heavy atom. The van der Waals surface area contributed by atoms with Crippen LogP contribution in [0.25, 0.3) is 0 Å². The van der Waals surface area contributed by atoms with E-state index in [1.807, 2.05) is 11.7 Å². The van der Waals surface area contributed by atoms with Crippen LogP contribution < -0.4 is 0 Å². The summed E-state index contributed by atoms with van der Waals surface area (Å²) in [5.41, 5.74) is 1.85. The second kappa shape index (κ2) is 7.25. The highest BCUT2D eigenvalue weighted by atomic mass is 32.1. The van der Waals surface area contributed by atoms with Crippen LogP contribution in [0.2, 0.25) is 0 Å². The van der Waals surface area contributed by atoms with Gasteiger partial charge in [-0.25, -0.2) is 0 Å². The molecule has 0 bridgehead atoms. The number of aliphatic hydroxyl groups excluding tert-OH is 1. The van der Waals surface area contributed by atoms with E-state index in [1.165, 1.54) is 49.8 Å². The molecule has 3 heteroatoms. The summed E-state index contributed by atoms with van der Waals surface area (Å²) < 4.78 is 0. The number of hydrogen-bond donors (Lipinski definition) is 1. The third-order valence-electron chi connectivity index (χ3n) is 4.30. The van der Waals surface area contributed by atoms with Crippen molar-refractivity contribution in [3.63, 3.8) is 0 Å². The summed E-state index contributed by atoms with van der Waals surface area (Å²) in [4.78, 5) is 5.29. The largest absolute Gasteiger partial charge is 0.392 e. The standard InChI is InChI=1S/C15H25NOS/c1-2-3-4-12-5-7-13(8-6-12)15(17)9-14-10-16-11-18-14/h10-13,15,17H,2-9H2,1H3. The van der Waals surface area contributed by atoms with Crippen molar-refractivity contribution < 1.29 is 5.11 Å². The highest BCUT2D eigenvalue weighted by molar-refractivity contribution is 7.09. The Morgan fingerprint density at radius 1 is 1.39 bits per heavy atom. The lowest BCUT2D eigenvalue weighted by Gasteiger charge is -2.31. The number of rotatable bonds is 6. The molecule has 1 aliphatic carbocycles. The number of hydrogen-bond acceptors (Lipinski definition) is 3. The molecular formula is C15H25NOS. The zero-order chi connectivity index (χ0) is 12.8. The second-order valence-corrected chi connectivity index (χ2v) is 6.63. The van der Waals surface area contributed by atoms with Crippen LogP contribution in [0.3, 0.4) is 0 Å². The SMILES string of the molecule is CCCCC1CCC(C(O)Cc2cncs2)CC1. The van der Waals surface area contributed by atoms with Gasteiger partial charge in [0.2, 0.25) is 0 Å². The molecule has 1 atom stereocenters. The fraction of sp³-hybridized carbons (Fsp3) is 0.800. The predicted molar refractivity (Wildman–Crippen MR) is 76.8 cm³/mol. The number of unbranched alkanes of at least 4 members (excludes halogenated alkanes) is 1. The molecule has 0 amide bonds. The van der Waals surface area contributed by atoms with E-state index < -0.39 is 0 Å². The highest BCUT2D eigenvalue weighted by Crippen LogP contribution is 2.34. The normalized spacial score (nSPS) is 26.1. The van der Waals surface area contributed by atoms with E-state index in [0.717, 1.165) is 12.3 Å². The van der Waals surface area contributed by atoms with Gasteiger partial charge in [0.15, 0.2) is 0 Å². The van der Waals surface area contributed by atoms with Crippen molar-refractivity contribution >= 4 is 11.3 Å². The first kappa shape index (κ1) is 14.0. The van der Waals surface area contributed by atoms with Crippen LogP contribution in [-0.4, -0.2) is 16.2 Å². The molecule has 2 rings (SSSR count). The second-order valence-electron chi connectivity index (χ2n) is 5.66. The Bertz CT molecular complexity index is 317. The predicted octanol–water partition coefficient (Wildman–Crippen LogP) is 4.04. The molecule has 0 aromatic carbocycles. The van der Waals surface area contributed by atoms with Gasteiger partial charge in [0, 0.05) is 17.5 Å². The van der Waals surface area contributed by atoms with E-state index in [1.54, 1.807) is 11.3 Å². The van der Waals surface area contributed by atoms with Crippen molar-refractivity contribution in [2.45, 2.75) is 64.4 Å². The molecule has 18 heavy (non-hydrogen) atoms. The van der Waals surface area contributed by atoms with E-state index in [0.29, 0.717) is 5.92 Å². The number of aromatic nitrogens is 1. The molecule has 1 aromatic heterocycles. The molecule has 2 nitrogen and oxygen atoms in total. The van der Waals surface area contributed by atoms with Gasteiger partial charge in [-0.15, -0.1) is 11.3 Å². The minimum absolute atomic E-state index is 0.155. The zero-order valence-electron chi connectivity index (χ0n) is 11.3. The van der Waals surface area contributed by atoms with Gasteiger partial charge in [0.05, 0.1) is 11.6 Å². The quantitative estimate of drug-likeness (QED) is 0.843. The maximum absolute atomic E-state index is 10.3. The smallest absolute Gasteiger partial charge is 0.0794 e. The van der Waals surface area contributed by atoms with Crippen LogP contribution >= 0.6 is 11.3 Å². The van der Waals surface area contributed by atoms with Gasteiger partial charge in [-0.2, -0.15) is 0 Å². The Labute approximate surface area is 114 Å². The molecule has 1 aromatic rings. The lowest BCUT2D eigenvalue weighted by atomic mass is 9.77.